The van der Waals surface area contributed by atoms with Crippen LogP contribution in [-0.2, 0) is 9.53 Å². The van der Waals surface area contributed by atoms with E-state index in [1.54, 1.807) is 0 Å². The first-order chi connectivity index (χ1) is 9.68. The van der Waals surface area contributed by atoms with Crippen LogP contribution in [0.15, 0.2) is 12.1 Å². The lowest BCUT2D eigenvalue weighted by Crippen LogP contribution is -2.44. The topological polar surface area (TPSA) is 55.4 Å². The summed E-state index contributed by atoms with van der Waals surface area (Å²) in [5.74, 6) is -1.19. The molecule has 4 nitrogen and oxygen atoms in total. The molecule has 0 heterocycles. The number of hydrogen-bond acceptors (Lipinski definition) is 3. The Bertz CT molecular complexity index is 559. The molecular weight excluding hydrogens is 337 g/mol. The monoisotopic (exact) mass is 351 g/mol. The molecule has 0 saturated carbocycles. The zero-order chi connectivity index (χ0) is 16.2. The molecule has 0 spiro atoms. The minimum Gasteiger partial charge on any atom is -0.452 e. The van der Waals surface area contributed by atoms with Crippen molar-refractivity contribution in [1.29, 1.82) is 0 Å². The first-order valence-corrected chi connectivity index (χ1v) is 7.43. The van der Waals surface area contributed by atoms with Crippen LogP contribution in [-0.4, -0.2) is 24.0 Å². The zero-order valence-corrected chi connectivity index (χ0v) is 14.2. The number of nitrogens with one attached hydrogen (secondary N) is 1. The highest BCUT2D eigenvalue weighted by Gasteiger charge is 2.22. The SMILES string of the molecule is CCC(C)(C)NC(=O)COC(=O)c1c(Cl)ccc(Cl)c1Cl. The molecule has 0 unspecified atom stereocenters. The second-order valence-corrected chi connectivity index (χ2v) is 6.27. The Morgan fingerprint density at radius 1 is 1.19 bits per heavy atom. The lowest BCUT2D eigenvalue weighted by molar-refractivity contribution is -0.125. The van der Waals surface area contributed by atoms with E-state index < -0.39 is 18.5 Å². The predicted molar refractivity (Wildman–Crippen MR) is 84.3 cm³/mol. The third-order valence-corrected chi connectivity index (χ3v) is 4.06. The number of esters is 1. The summed E-state index contributed by atoms with van der Waals surface area (Å²) in [6.45, 7) is 5.27. The van der Waals surface area contributed by atoms with Crippen molar-refractivity contribution in [2.45, 2.75) is 32.7 Å². The second-order valence-electron chi connectivity index (χ2n) is 5.08. The molecule has 0 atom stereocenters. The largest absolute Gasteiger partial charge is 0.452 e. The second kappa shape index (κ2) is 7.34. The van der Waals surface area contributed by atoms with Crippen LogP contribution in [0.1, 0.15) is 37.6 Å². The van der Waals surface area contributed by atoms with Crippen molar-refractivity contribution in [1.82, 2.24) is 5.32 Å². The van der Waals surface area contributed by atoms with Gasteiger partial charge in [-0.25, -0.2) is 4.79 Å². The fraction of sp³-hybridized carbons (Fsp3) is 0.429. The summed E-state index contributed by atoms with van der Waals surface area (Å²) in [5.41, 5.74) is -0.414. The van der Waals surface area contributed by atoms with Gasteiger partial charge in [0.05, 0.1) is 20.6 Å². The number of benzene rings is 1. The standard InChI is InChI=1S/C14H16Cl3NO3/c1-4-14(2,3)18-10(19)7-21-13(20)11-8(15)5-6-9(16)12(11)17/h5-6H,4,7H2,1-3H3,(H,18,19). The minimum absolute atomic E-state index is 0.00321. The molecular formula is C14H16Cl3NO3. The van der Waals surface area contributed by atoms with Gasteiger partial charge in [0.15, 0.2) is 6.61 Å². The average Bonchev–Trinajstić information content (AvgIpc) is 2.40. The summed E-state index contributed by atoms with van der Waals surface area (Å²) in [6.07, 6.45) is 0.749. The summed E-state index contributed by atoms with van der Waals surface area (Å²) in [5, 5.41) is 3.05. The van der Waals surface area contributed by atoms with Gasteiger partial charge < -0.3 is 10.1 Å². The molecule has 0 aliphatic rings. The summed E-state index contributed by atoms with van der Waals surface area (Å²) in [7, 11) is 0. The van der Waals surface area contributed by atoms with Crippen molar-refractivity contribution in [2.24, 2.45) is 0 Å². The number of amides is 1. The van der Waals surface area contributed by atoms with Crippen LogP contribution in [0.3, 0.4) is 0 Å². The molecule has 0 fully saturated rings. The van der Waals surface area contributed by atoms with Gasteiger partial charge in [0.25, 0.3) is 5.91 Å². The highest BCUT2D eigenvalue weighted by atomic mass is 35.5. The van der Waals surface area contributed by atoms with Crippen LogP contribution >= 0.6 is 34.8 Å². The van der Waals surface area contributed by atoms with Gasteiger partial charge in [0.1, 0.15) is 0 Å². The van der Waals surface area contributed by atoms with E-state index in [0.717, 1.165) is 6.42 Å². The van der Waals surface area contributed by atoms with Crippen LogP contribution in [0.25, 0.3) is 0 Å². The van der Waals surface area contributed by atoms with Crippen molar-refractivity contribution in [3.63, 3.8) is 0 Å². The van der Waals surface area contributed by atoms with Crippen molar-refractivity contribution in [3.05, 3.63) is 32.8 Å². The number of ether oxygens (including phenoxy) is 1. The quantitative estimate of drug-likeness (QED) is 0.641. The summed E-state index contributed by atoms with van der Waals surface area (Å²) >= 11 is 17.6. The van der Waals surface area contributed by atoms with E-state index in [0.29, 0.717) is 0 Å². The van der Waals surface area contributed by atoms with Gasteiger partial charge in [-0.1, -0.05) is 41.7 Å². The maximum atomic E-state index is 11.9. The van der Waals surface area contributed by atoms with E-state index in [1.807, 2.05) is 20.8 Å². The van der Waals surface area contributed by atoms with Gasteiger partial charge >= 0.3 is 5.97 Å². The Labute approximate surface area is 138 Å². The Kier molecular flexibility index (Phi) is 6.32. The highest BCUT2D eigenvalue weighted by molar-refractivity contribution is 6.46. The molecule has 0 aliphatic heterocycles. The molecule has 1 amide bonds. The number of carbonyl (C=O) groups is 2. The molecule has 0 bridgehead atoms. The molecule has 0 radical (unpaired) electrons. The van der Waals surface area contributed by atoms with Crippen molar-refractivity contribution >= 4 is 46.7 Å². The molecule has 116 valence electrons. The van der Waals surface area contributed by atoms with Gasteiger partial charge in [-0.15, -0.1) is 0 Å². The Morgan fingerprint density at radius 3 is 2.33 bits per heavy atom. The first kappa shape index (κ1) is 18.1. The van der Waals surface area contributed by atoms with Crippen molar-refractivity contribution < 1.29 is 14.3 Å². The molecule has 1 N–H and O–H groups in total. The molecule has 7 heteroatoms. The molecule has 0 saturated heterocycles. The van der Waals surface area contributed by atoms with Gasteiger partial charge in [0.2, 0.25) is 0 Å². The predicted octanol–water partition coefficient (Wildman–Crippen LogP) is 4.11. The van der Waals surface area contributed by atoms with Gasteiger partial charge in [0, 0.05) is 5.54 Å². The molecule has 21 heavy (non-hydrogen) atoms. The molecule has 1 aromatic rings. The molecule has 1 rings (SSSR count). The smallest absolute Gasteiger partial charge is 0.341 e. The summed E-state index contributed by atoms with van der Waals surface area (Å²) < 4.78 is 4.92. The fourth-order valence-electron chi connectivity index (χ4n) is 1.42. The Hall–Kier alpha value is -0.970. The summed E-state index contributed by atoms with van der Waals surface area (Å²) in [4.78, 5) is 23.7. The molecule has 0 aliphatic carbocycles. The Balaban J connectivity index is 2.71. The van der Waals surface area contributed by atoms with Crippen molar-refractivity contribution in [2.75, 3.05) is 6.61 Å². The van der Waals surface area contributed by atoms with Crippen LogP contribution in [0, 0.1) is 0 Å². The first-order valence-electron chi connectivity index (χ1n) is 6.29. The average molecular weight is 353 g/mol. The molecule has 1 aromatic carbocycles. The van der Waals surface area contributed by atoms with Crippen LogP contribution < -0.4 is 5.32 Å². The van der Waals surface area contributed by atoms with Gasteiger partial charge in [-0.3, -0.25) is 4.79 Å². The van der Waals surface area contributed by atoms with Crippen molar-refractivity contribution in [3.8, 4) is 0 Å². The third-order valence-electron chi connectivity index (χ3n) is 2.94. The number of rotatable bonds is 5. The Morgan fingerprint density at radius 2 is 1.76 bits per heavy atom. The lowest BCUT2D eigenvalue weighted by Gasteiger charge is -2.24. The van der Waals surface area contributed by atoms with E-state index in [2.05, 4.69) is 5.32 Å². The third kappa shape index (κ3) is 5.06. The van der Waals surface area contributed by atoms with Crippen LogP contribution in [0.5, 0.6) is 0 Å². The van der Waals surface area contributed by atoms with E-state index in [-0.39, 0.29) is 26.2 Å². The van der Waals surface area contributed by atoms with Crippen LogP contribution in [0.2, 0.25) is 15.1 Å². The number of hydrogen-bond donors (Lipinski definition) is 1. The normalized spacial score (nSPS) is 11.1. The molecule has 0 aromatic heterocycles. The van der Waals surface area contributed by atoms with E-state index >= 15 is 0 Å². The van der Waals surface area contributed by atoms with Gasteiger partial charge in [-0.05, 0) is 32.4 Å². The maximum absolute atomic E-state index is 11.9. The van der Waals surface area contributed by atoms with Crippen LogP contribution in [0.4, 0.5) is 0 Å². The number of carbonyl (C=O) groups excluding carboxylic acids is 2. The van der Waals surface area contributed by atoms with E-state index in [1.165, 1.54) is 12.1 Å². The summed E-state index contributed by atoms with van der Waals surface area (Å²) in [6, 6.07) is 2.91. The number of halogens is 3. The lowest BCUT2D eigenvalue weighted by atomic mass is 10.0. The highest BCUT2D eigenvalue weighted by Crippen LogP contribution is 2.31. The van der Waals surface area contributed by atoms with E-state index in [4.69, 9.17) is 39.5 Å². The fourth-order valence-corrected chi connectivity index (χ4v) is 2.10. The minimum atomic E-state index is -0.794. The van der Waals surface area contributed by atoms with Gasteiger partial charge in [-0.2, -0.15) is 0 Å². The van der Waals surface area contributed by atoms with E-state index in [9.17, 15) is 9.59 Å². The maximum Gasteiger partial charge on any atom is 0.341 e. The zero-order valence-electron chi connectivity index (χ0n) is 11.9.